The summed E-state index contributed by atoms with van der Waals surface area (Å²) in [5.41, 5.74) is 0.551. The molecule has 1 fully saturated rings. The first-order valence-corrected chi connectivity index (χ1v) is 7.92. The molecule has 0 bridgehead atoms. The van der Waals surface area contributed by atoms with E-state index < -0.39 is 17.2 Å². The van der Waals surface area contributed by atoms with Crippen LogP contribution in [0.15, 0.2) is 10.8 Å². The number of rotatable bonds is 3. The molecule has 0 spiro atoms. The molecule has 2 rings (SSSR count). The Bertz CT molecular complexity index is 548. The van der Waals surface area contributed by atoms with Crippen LogP contribution < -0.4 is 5.32 Å². The fraction of sp³-hybridized carbons (Fsp3) is 0.667. The molecule has 0 atom stereocenters. The minimum Gasteiger partial charge on any atom is -0.444 e. The zero-order chi connectivity index (χ0) is 15.8. The number of ether oxygens (including phenoxy) is 1. The molecule has 1 N–H and O–H groups in total. The van der Waals surface area contributed by atoms with Gasteiger partial charge in [-0.25, -0.2) is 9.78 Å². The Morgan fingerprint density at radius 2 is 1.95 bits per heavy atom. The minimum atomic E-state index is -0.639. The van der Waals surface area contributed by atoms with Crippen molar-refractivity contribution in [2.24, 2.45) is 0 Å². The normalized spacial score (nSPS) is 15.7. The molecule has 0 radical (unpaired) electrons. The second kappa shape index (κ2) is 5.55. The highest BCUT2D eigenvalue weighted by Crippen LogP contribution is 2.42. The third-order valence-corrected chi connectivity index (χ3v) is 3.78. The highest BCUT2D eigenvalue weighted by molar-refractivity contribution is 9.10. The van der Waals surface area contributed by atoms with Gasteiger partial charge < -0.3 is 10.1 Å². The maximum Gasteiger partial charge on any atom is 0.408 e. The minimum absolute atomic E-state index is 0.454. The van der Waals surface area contributed by atoms with Gasteiger partial charge in [0.2, 0.25) is 0 Å². The van der Waals surface area contributed by atoms with Gasteiger partial charge in [0, 0.05) is 5.92 Å². The standard InChI is InChI=1S/C15H22BrN3O2/c1-14(2,3)21-13(20)19-15(4,5)10-8-17-12(16)11(18-10)9-6-7-9/h8-9H,6-7H2,1-5H3,(H,19,20). The third kappa shape index (κ3) is 4.40. The lowest BCUT2D eigenvalue weighted by Crippen LogP contribution is -2.44. The monoisotopic (exact) mass is 355 g/mol. The highest BCUT2D eigenvalue weighted by Gasteiger charge is 2.32. The number of nitrogens with one attached hydrogen (secondary N) is 1. The first kappa shape index (κ1) is 16.2. The van der Waals surface area contributed by atoms with Crippen molar-refractivity contribution >= 4 is 22.0 Å². The summed E-state index contributed by atoms with van der Waals surface area (Å²) in [4.78, 5) is 21.0. The molecule has 0 aliphatic heterocycles. The van der Waals surface area contributed by atoms with Gasteiger partial charge in [0.1, 0.15) is 10.2 Å². The molecule has 1 aliphatic carbocycles. The van der Waals surface area contributed by atoms with E-state index in [1.807, 2.05) is 34.6 Å². The Kier molecular flexibility index (Phi) is 4.29. The van der Waals surface area contributed by atoms with E-state index in [0.717, 1.165) is 28.8 Å². The summed E-state index contributed by atoms with van der Waals surface area (Å²) in [6.45, 7) is 9.30. The summed E-state index contributed by atoms with van der Waals surface area (Å²) >= 11 is 3.44. The van der Waals surface area contributed by atoms with Crippen LogP contribution in [0.4, 0.5) is 4.79 Å². The number of halogens is 1. The van der Waals surface area contributed by atoms with Crippen molar-refractivity contribution in [1.82, 2.24) is 15.3 Å². The van der Waals surface area contributed by atoms with Gasteiger partial charge in [-0.05, 0) is 63.4 Å². The van der Waals surface area contributed by atoms with E-state index in [2.05, 4.69) is 31.2 Å². The fourth-order valence-electron chi connectivity index (χ4n) is 1.93. The smallest absolute Gasteiger partial charge is 0.408 e. The molecule has 1 amide bonds. The van der Waals surface area contributed by atoms with Crippen LogP contribution in [0.25, 0.3) is 0 Å². The van der Waals surface area contributed by atoms with Crippen LogP contribution in [0.3, 0.4) is 0 Å². The predicted octanol–water partition coefficient (Wildman–Crippen LogP) is 3.88. The number of carbonyl (C=O) groups is 1. The topological polar surface area (TPSA) is 64.1 Å². The quantitative estimate of drug-likeness (QED) is 0.893. The Hall–Kier alpha value is -1.17. The maximum atomic E-state index is 12.0. The van der Waals surface area contributed by atoms with Gasteiger partial charge in [-0.15, -0.1) is 0 Å². The Morgan fingerprint density at radius 1 is 1.33 bits per heavy atom. The van der Waals surface area contributed by atoms with Crippen molar-refractivity contribution in [1.29, 1.82) is 0 Å². The molecule has 1 saturated carbocycles. The lowest BCUT2D eigenvalue weighted by molar-refractivity contribution is 0.0468. The van der Waals surface area contributed by atoms with E-state index in [4.69, 9.17) is 4.74 Å². The zero-order valence-electron chi connectivity index (χ0n) is 13.2. The van der Waals surface area contributed by atoms with Crippen molar-refractivity contribution < 1.29 is 9.53 Å². The lowest BCUT2D eigenvalue weighted by atomic mass is 10.0. The summed E-state index contributed by atoms with van der Waals surface area (Å²) in [5, 5.41) is 2.86. The number of carbonyl (C=O) groups excluding carboxylic acids is 1. The summed E-state index contributed by atoms with van der Waals surface area (Å²) in [6, 6.07) is 0. The van der Waals surface area contributed by atoms with Gasteiger partial charge in [0.15, 0.2) is 0 Å². The number of alkyl carbamates (subject to hydrolysis) is 1. The van der Waals surface area contributed by atoms with Gasteiger partial charge in [0.25, 0.3) is 0 Å². The molecule has 21 heavy (non-hydrogen) atoms. The highest BCUT2D eigenvalue weighted by atomic mass is 79.9. The molecule has 1 aromatic heterocycles. The van der Waals surface area contributed by atoms with E-state index in [1.165, 1.54) is 0 Å². The lowest BCUT2D eigenvalue weighted by Gasteiger charge is -2.28. The molecule has 0 unspecified atom stereocenters. The number of nitrogens with zero attached hydrogens (tertiary/aromatic N) is 2. The van der Waals surface area contributed by atoms with Crippen LogP contribution in [-0.4, -0.2) is 21.7 Å². The van der Waals surface area contributed by atoms with E-state index in [1.54, 1.807) is 6.20 Å². The van der Waals surface area contributed by atoms with Crippen molar-refractivity contribution in [3.05, 3.63) is 22.2 Å². The van der Waals surface area contributed by atoms with Crippen molar-refractivity contribution in [3.63, 3.8) is 0 Å². The summed E-state index contributed by atoms with van der Waals surface area (Å²) in [7, 11) is 0. The summed E-state index contributed by atoms with van der Waals surface area (Å²) in [5.74, 6) is 0.490. The van der Waals surface area contributed by atoms with E-state index in [9.17, 15) is 4.79 Å². The fourth-order valence-corrected chi connectivity index (χ4v) is 2.44. The third-order valence-electron chi connectivity index (χ3n) is 3.17. The molecule has 6 heteroatoms. The summed E-state index contributed by atoms with van der Waals surface area (Å²) in [6.07, 6.45) is 3.53. The van der Waals surface area contributed by atoms with Crippen LogP contribution >= 0.6 is 15.9 Å². The number of amides is 1. The van der Waals surface area contributed by atoms with E-state index >= 15 is 0 Å². The number of aromatic nitrogens is 2. The second-order valence-electron chi connectivity index (χ2n) is 6.96. The number of hydrogen-bond acceptors (Lipinski definition) is 4. The van der Waals surface area contributed by atoms with Gasteiger partial charge in [-0.2, -0.15) is 0 Å². The number of hydrogen-bond donors (Lipinski definition) is 1. The second-order valence-corrected chi connectivity index (χ2v) is 7.71. The molecule has 116 valence electrons. The van der Waals surface area contributed by atoms with Gasteiger partial charge in [-0.3, -0.25) is 4.98 Å². The molecule has 1 aliphatic rings. The van der Waals surface area contributed by atoms with Crippen molar-refractivity contribution in [2.45, 2.75) is 64.5 Å². The van der Waals surface area contributed by atoms with Crippen LogP contribution in [-0.2, 0) is 10.3 Å². The molecule has 1 heterocycles. The van der Waals surface area contributed by atoms with Crippen LogP contribution in [0.2, 0.25) is 0 Å². The summed E-state index contributed by atoms with van der Waals surface area (Å²) < 4.78 is 6.09. The largest absolute Gasteiger partial charge is 0.444 e. The zero-order valence-corrected chi connectivity index (χ0v) is 14.7. The van der Waals surface area contributed by atoms with E-state index in [-0.39, 0.29) is 0 Å². The average Bonchev–Trinajstić information content (AvgIpc) is 3.09. The Labute approximate surface area is 134 Å². The maximum absolute atomic E-state index is 12.0. The molecule has 5 nitrogen and oxygen atoms in total. The first-order valence-electron chi connectivity index (χ1n) is 7.12. The van der Waals surface area contributed by atoms with E-state index in [0.29, 0.717) is 5.92 Å². The van der Waals surface area contributed by atoms with Crippen LogP contribution in [0.1, 0.15) is 64.8 Å². The molecule has 0 aromatic carbocycles. The van der Waals surface area contributed by atoms with Crippen LogP contribution in [0, 0.1) is 0 Å². The van der Waals surface area contributed by atoms with Crippen LogP contribution in [0.5, 0.6) is 0 Å². The Balaban J connectivity index is 2.15. The first-order chi connectivity index (χ1) is 9.58. The van der Waals surface area contributed by atoms with Gasteiger partial charge >= 0.3 is 6.09 Å². The molecular weight excluding hydrogens is 334 g/mol. The molecule has 0 saturated heterocycles. The van der Waals surface area contributed by atoms with Gasteiger partial charge in [-0.1, -0.05) is 0 Å². The molecular formula is C15H22BrN3O2. The SMILES string of the molecule is CC(C)(C)OC(=O)NC(C)(C)c1cnc(Br)c(C2CC2)n1. The van der Waals surface area contributed by atoms with Gasteiger partial charge in [0.05, 0.1) is 23.1 Å². The molecule has 1 aromatic rings. The predicted molar refractivity (Wildman–Crippen MR) is 84.1 cm³/mol. The van der Waals surface area contributed by atoms with Crippen molar-refractivity contribution in [2.75, 3.05) is 0 Å². The average molecular weight is 356 g/mol. The Morgan fingerprint density at radius 3 is 2.48 bits per heavy atom. The van der Waals surface area contributed by atoms with Crippen molar-refractivity contribution in [3.8, 4) is 0 Å².